The summed E-state index contributed by atoms with van der Waals surface area (Å²) < 4.78 is 5.16. The lowest BCUT2D eigenvalue weighted by Gasteiger charge is -2.39. The lowest BCUT2D eigenvalue weighted by atomic mass is 9.78. The minimum absolute atomic E-state index is 0.137. The smallest absolute Gasteiger partial charge is 0.276 e. The van der Waals surface area contributed by atoms with Gasteiger partial charge in [0.2, 0.25) is 5.91 Å². The van der Waals surface area contributed by atoms with E-state index in [4.69, 9.17) is 4.42 Å². The van der Waals surface area contributed by atoms with Gasteiger partial charge in [0.1, 0.15) is 5.76 Å². The molecule has 142 valence electrons. The molecule has 0 bridgehead atoms. The van der Waals surface area contributed by atoms with Crippen LogP contribution >= 0.6 is 0 Å². The SMILES string of the molecule is Cc1cccc(CN2CCC[C@]3(CCN(C(=O)c4ncoc4C)C3)C2=O)c1. The minimum Gasteiger partial charge on any atom is -0.448 e. The van der Waals surface area contributed by atoms with Crippen molar-refractivity contribution in [3.05, 3.63) is 53.2 Å². The highest BCUT2D eigenvalue weighted by Gasteiger charge is 2.49. The Morgan fingerprint density at radius 1 is 1.26 bits per heavy atom. The molecule has 1 atom stereocenters. The number of hydrogen-bond acceptors (Lipinski definition) is 4. The normalized spacial score (nSPS) is 22.7. The van der Waals surface area contributed by atoms with Gasteiger partial charge in [0, 0.05) is 26.2 Å². The molecule has 0 saturated carbocycles. The maximum absolute atomic E-state index is 13.3. The monoisotopic (exact) mass is 367 g/mol. The van der Waals surface area contributed by atoms with Crippen LogP contribution in [-0.4, -0.2) is 46.2 Å². The molecule has 3 heterocycles. The molecule has 2 fully saturated rings. The van der Waals surface area contributed by atoms with Crippen molar-refractivity contribution in [2.24, 2.45) is 5.41 Å². The van der Waals surface area contributed by atoms with Crippen LogP contribution in [0, 0.1) is 19.3 Å². The van der Waals surface area contributed by atoms with Crippen molar-refractivity contribution in [3.63, 3.8) is 0 Å². The van der Waals surface area contributed by atoms with Gasteiger partial charge in [-0.2, -0.15) is 0 Å². The van der Waals surface area contributed by atoms with Gasteiger partial charge in [0.05, 0.1) is 5.41 Å². The fraction of sp³-hybridized carbons (Fsp3) is 0.476. The van der Waals surface area contributed by atoms with Crippen LogP contribution in [0.1, 0.15) is 46.6 Å². The number of nitrogens with zero attached hydrogens (tertiary/aromatic N) is 3. The molecule has 2 aliphatic rings. The third kappa shape index (κ3) is 3.24. The molecule has 1 spiro atoms. The number of aromatic nitrogens is 1. The zero-order valence-corrected chi connectivity index (χ0v) is 15.9. The highest BCUT2D eigenvalue weighted by atomic mass is 16.3. The topological polar surface area (TPSA) is 66.7 Å². The van der Waals surface area contributed by atoms with E-state index in [0.717, 1.165) is 31.4 Å². The van der Waals surface area contributed by atoms with Crippen molar-refractivity contribution in [2.75, 3.05) is 19.6 Å². The number of likely N-dealkylation sites (tertiary alicyclic amines) is 2. The number of carbonyl (C=O) groups is 2. The summed E-state index contributed by atoms with van der Waals surface area (Å²) in [6, 6.07) is 8.30. The molecule has 0 unspecified atom stereocenters. The van der Waals surface area contributed by atoms with E-state index in [1.165, 1.54) is 12.0 Å². The first-order chi connectivity index (χ1) is 13.0. The molecule has 2 saturated heterocycles. The molecule has 2 aromatic rings. The van der Waals surface area contributed by atoms with Gasteiger partial charge < -0.3 is 14.2 Å². The van der Waals surface area contributed by atoms with Gasteiger partial charge in [0.15, 0.2) is 12.1 Å². The maximum Gasteiger partial charge on any atom is 0.276 e. The van der Waals surface area contributed by atoms with E-state index < -0.39 is 5.41 Å². The molecule has 6 nitrogen and oxygen atoms in total. The van der Waals surface area contributed by atoms with E-state index in [1.807, 2.05) is 11.0 Å². The number of hydrogen-bond donors (Lipinski definition) is 0. The minimum atomic E-state index is -0.449. The maximum atomic E-state index is 13.3. The molecular weight excluding hydrogens is 342 g/mol. The summed E-state index contributed by atoms with van der Waals surface area (Å²) in [6.45, 7) is 6.29. The largest absolute Gasteiger partial charge is 0.448 e. The van der Waals surface area contributed by atoms with Crippen molar-refractivity contribution in [1.82, 2.24) is 14.8 Å². The van der Waals surface area contributed by atoms with Gasteiger partial charge in [-0.1, -0.05) is 29.8 Å². The molecule has 4 rings (SSSR count). The number of piperidine rings is 1. The lowest BCUT2D eigenvalue weighted by Crippen LogP contribution is -2.50. The average molecular weight is 367 g/mol. The molecular formula is C21H25N3O3. The Kier molecular flexibility index (Phi) is 4.50. The Bertz CT molecular complexity index is 875. The summed E-state index contributed by atoms with van der Waals surface area (Å²) in [4.78, 5) is 33.8. The van der Waals surface area contributed by atoms with Crippen LogP contribution in [0.5, 0.6) is 0 Å². The quantitative estimate of drug-likeness (QED) is 0.837. The zero-order valence-electron chi connectivity index (χ0n) is 15.9. The van der Waals surface area contributed by atoms with Crippen LogP contribution in [-0.2, 0) is 11.3 Å². The van der Waals surface area contributed by atoms with Crippen LogP contribution in [0.25, 0.3) is 0 Å². The van der Waals surface area contributed by atoms with E-state index in [-0.39, 0.29) is 11.8 Å². The summed E-state index contributed by atoms with van der Waals surface area (Å²) in [7, 11) is 0. The summed E-state index contributed by atoms with van der Waals surface area (Å²) in [5.41, 5.74) is 2.26. The van der Waals surface area contributed by atoms with Crippen molar-refractivity contribution >= 4 is 11.8 Å². The van der Waals surface area contributed by atoms with Gasteiger partial charge >= 0.3 is 0 Å². The van der Waals surface area contributed by atoms with E-state index in [2.05, 4.69) is 30.1 Å². The molecule has 1 aromatic carbocycles. The predicted octanol–water partition coefficient (Wildman–Crippen LogP) is 2.95. The second-order valence-electron chi connectivity index (χ2n) is 7.83. The van der Waals surface area contributed by atoms with E-state index >= 15 is 0 Å². The number of oxazole rings is 1. The Balaban J connectivity index is 1.49. The van der Waals surface area contributed by atoms with E-state index in [9.17, 15) is 9.59 Å². The average Bonchev–Trinajstić information content (AvgIpc) is 3.26. The summed E-state index contributed by atoms with van der Waals surface area (Å²) in [5, 5.41) is 0. The van der Waals surface area contributed by atoms with Gasteiger partial charge in [-0.15, -0.1) is 0 Å². The fourth-order valence-corrected chi connectivity index (χ4v) is 4.42. The molecule has 0 N–H and O–H groups in total. The lowest BCUT2D eigenvalue weighted by molar-refractivity contribution is -0.146. The van der Waals surface area contributed by atoms with Gasteiger partial charge in [-0.3, -0.25) is 9.59 Å². The molecule has 2 amide bonds. The number of carbonyl (C=O) groups excluding carboxylic acids is 2. The first-order valence-corrected chi connectivity index (χ1v) is 9.53. The molecule has 2 aliphatic heterocycles. The molecule has 1 aromatic heterocycles. The van der Waals surface area contributed by atoms with Gasteiger partial charge in [-0.05, 0) is 38.7 Å². The van der Waals surface area contributed by atoms with E-state index in [0.29, 0.717) is 31.1 Å². The second kappa shape index (κ2) is 6.83. The van der Waals surface area contributed by atoms with Gasteiger partial charge in [-0.25, -0.2) is 4.98 Å². The first kappa shape index (κ1) is 17.8. The van der Waals surface area contributed by atoms with Crippen LogP contribution in [0.2, 0.25) is 0 Å². The Morgan fingerprint density at radius 3 is 2.85 bits per heavy atom. The van der Waals surface area contributed by atoms with Crippen LogP contribution in [0.15, 0.2) is 35.1 Å². The first-order valence-electron chi connectivity index (χ1n) is 9.53. The summed E-state index contributed by atoms with van der Waals surface area (Å²) >= 11 is 0. The van der Waals surface area contributed by atoms with Crippen molar-refractivity contribution in [2.45, 2.75) is 39.7 Å². The predicted molar refractivity (Wildman–Crippen MR) is 100 cm³/mol. The third-order valence-electron chi connectivity index (χ3n) is 5.87. The third-order valence-corrected chi connectivity index (χ3v) is 5.87. The van der Waals surface area contributed by atoms with Crippen LogP contribution < -0.4 is 0 Å². The molecule has 0 aliphatic carbocycles. The van der Waals surface area contributed by atoms with Crippen LogP contribution in [0.3, 0.4) is 0 Å². The van der Waals surface area contributed by atoms with E-state index in [1.54, 1.807) is 11.8 Å². The number of benzene rings is 1. The highest BCUT2D eigenvalue weighted by Crippen LogP contribution is 2.41. The summed E-state index contributed by atoms with van der Waals surface area (Å²) in [5.74, 6) is 0.571. The molecule has 6 heteroatoms. The molecule has 0 radical (unpaired) electrons. The second-order valence-corrected chi connectivity index (χ2v) is 7.83. The molecule has 27 heavy (non-hydrogen) atoms. The van der Waals surface area contributed by atoms with Crippen molar-refractivity contribution in [1.29, 1.82) is 0 Å². The standard InChI is InChI=1S/C21H25N3O3/c1-15-5-3-6-17(11-15)12-23-9-4-7-21(20(23)26)8-10-24(13-21)19(25)18-16(2)27-14-22-18/h3,5-6,11,14H,4,7-10,12-13H2,1-2H3/t21-/m1/s1. The van der Waals surface area contributed by atoms with Crippen LogP contribution in [0.4, 0.5) is 0 Å². The van der Waals surface area contributed by atoms with Crippen molar-refractivity contribution < 1.29 is 14.0 Å². The Hall–Kier alpha value is -2.63. The zero-order chi connectivity index (χ0) is 19.0. The Labute approximate surface area is 159 Å². The van der Waals surface area contributed by atoms with Crippen molar-refractivity contribution in [3.8, 4) is 0 Å². The number of aryl methyl sites for hydroxylation is 2. The Morgan fingerprint density at radius 2 is 2.11 bits per heavy atom. The number of amides is 2. The number of rotatable bonds is 3. The summed E-state index contributed by atoms with van der Waals surface area (Å²) in [6.07, 6.45) is 3.84. The fourth-order valence-electron chi connectivity index (χ4n) is 4.42. The highest BCUT2D eigenvalue weighted by molar-refractivity contribution is 5.94. The van der Waals surface area contributed by atoms with Gasteiger partial charge in [0.25, 0.3) is 5.91 Å².